The van der Waals surface area contributed by atoms with Crippen molar-refractivity contribution >= 4 is 11.3 Å². The lowest BCUT2D eigenvalue weighted by atomic mass is 9.94. The number of allylic oxidation sites excluding steroid dienone is 4. The molecule has 2 aromatic carbocycles. The minimum atomic E-state index is 0.604. The quantitative estimate of drug-likeness (QED) is 0.835. The Kier molecular flexibility index (Phi) is 3.74. The summed E-state index contributed by atoms with van der Waals surface area (Å²) < 4.78 is 0. The van der Waals surface area contributed by atoms with E-state index in [9.17, 15) is 0 Å². The Morgan fingerprint density at radius 3 is 2.29 bits per heavy atom. The van der Waals surface area contributed by atoms with E-state index in [1.165, 1.54) is 16.7 Å². The van der Waals surface area contributed by atoms with Crippen molar-refractivity contribution in [1.29, 1.82) is 0 Å². The van der Waals surface area contributed by atoms with Crippen molar-refractivity contribution in [2.75, 3.05) is 0 Å². The van der Waals surface area contributed by atoms with E-state index in [-0.39, 0.29) is 0 Å². The predicted molar refractivity (Wildman–Crippen MR) is 91.5 cm³/mol. The number of benzene rings is 2. The van der Waals surface area contributed by atoms with Crippen LogP contribution in [0.25, 0.3) is 22.4 Å². The Balaban J connectivity index is 1.96. The molecule has 0 spiro atoms. The number of nitrogens with two attached hydrogens (primary N) is 1. The summed E-state index contributed by atoms with van der Waals surface area (Å²) in [5.74, 6) is 0. The first kappa shape index (κ1) is 13.4. The average Bonchev–Trinajstić information content (AvgIpc) is 2.56. The zero-order valence-electron chi connectivity index (χ0n) is 12.0. The van der Waals surface area contributed by atoms with Crippen LogP contribution in [0.1, 0.15) is 24.0 Å². The fourth-order valence-electron chi connectivity index (χ4n) is 2.68. The van der Waals surface area contributed by atoms with Gasteiger partial charge in [0.2, 0.25) is 0 Å². The normalized spacial score (nSPS) is 13.8. The van der Waals surface area contributed by atoms with Gasteiger partial charge in [-0.05, 0) is 35.1 Å². The van der Waals surface area contributed by atoms with E-state index >= 15 is 0 Å². The van der Waals surface area contributed by atoms with Crippen LogP contribution in [0, 0.1) is 0 Å². The summed E-state index contributed by atoms with van der Waals surface area (Å²) in [6.45, 7) is 3.86. The van der Waals surface area contributed by atoms with Crippen molar-refractivity contribution in [2.45, 2.75) is 12.8 Å². The molecule has 2 aromatic rings. The molecule has 0 saturated heterocycles. The maximum Gasteiger partial charge on any atom is 0.0320 e. The van der Waals surface area contributed by atoms with E-state index in [2.05, 4.69) is 55.1 Å². The predicted octanol–water partition coefficient (Wildman–Crippen LogP) is 5.02. The maximum absolute atomic E-state index is 5.89. The van der Waals surface area contributed by atoms with Gasteiger partial charge in [0.15, 0.2) is 0 Å². The molecule has 1 nitrogen and oxygen atoms in total. The lowest BCUT2D eigenvalue weighted by Crippen LogP contribution is -1.96. The Morgan fingerprint density at radius 1 is 0.905 bits per heavy atom. The Labute approximate surface area is 126 Å². The highest BCUT2D eigenvalue weighted by molar-refractivity contribution is 5.81. The number of hydrogen-bond acceptors (Lipinski definition) is 1. The first-order chi connectivity index (χ1) is 10.3. The van der Waals surface area contributed by atoms with E-state index in [4.69, 9.17) is 5.73 Å². The minimum Gasteiger partial charge on any atom is -0.399 e. The van der Waals surface area contributed by atoms with Crippen LogP contribution in [0.2, 0.25) is 0 Å². The van der Waals surface area contributed by atoms with Crippen molar-refractivity contribution in [3.63, 3.8) is 0 Å². The monoisotopic (exact) mass is 273 g/mol. The van der Waals surface area contributed by atoms with E-state index in [0.29, 0.717) is 5.70 Å². The zero-order chi connectivity index (χ0) is 14.7. The molecule has 0 bridgehead atoms. The van der Waals surface area contributed by atoms with Gasteiger partial charge < -0.3 is 5.73 Å². The van der Waals surface area contributed by atoms with Gasteiger partial charge >= 0.3 is 0 Å². The first-order valence-corrected chi connectivity index (χ1v) is 7.27. The second-order valence-electron chi connectivity index (χ2n) is 5.29. The van der Waals surface area contributed by atoms with Crippen LogP contribution in [-0.2, 0) is 0 Å². The topological polar surface area (TPSA) is 26.0 Å². The summed E-state index contributed by atoms with van der Waals surface area (Å²) >= 11 is 0. The highest BCUT2D eigenvalue weighted by atomic mass is 14.6. The van der Waals surface area contributed by atoms with E-state index in [1.807, 2.05) is 18.2 Å². The van der Waals surface area contributed by atoms with Gasteiger partial charge in [0.25, 0.3) is 0 Å². The SMILES string of the molecule is C=C(N)c1ccccc1-c1ccc(C2=CCCC=C2)cc1. The summed E-state index contributed by atoms with van der Waals surface area (Å²) in [4.78, 5) is 0. The van der Waals surface area contributed by atoms with Crippen LogP contribution in [0.5, 0.6) is 0 Å². The molecule has 104 valence electrons. The fraction of sp³-hybridized carbons (Fsp3) is 0.100. The molecule has 1 aliphatic carbocycles. The highest BCUT2D eigenvalue weighted by Crippen LogP contribution is 2.28. The second kappa shape index (κ2) is 5.84. The van der Waals surface area contributed by atoms with Crippen LogP contribution in [0.4, 0.5) is 0 Å². The largest absolute Gasteiger partial charge is 0.399 e. The maximum atomic E-state index is 5.89. The van der Waals surface area contributed by atoms with Crippen LogP contribution < -0.4 is 5.73 Å². The molecule has 0 amide bonds. The third kappa shape index (κ3) is 2.82. The van der Waals surface area contributed by atoms with Gasteiger partial charge in [-0.3, -0.25) is 0 Å². The average molecular weight is 273 g/mol. The fourth-order valence-corrected chi connectivity index (χ4v) is 2.68. The van der Waals surface area contributed by atoms with Crippen LogP contribution in [0.15, 0.2) is 73.3 Å². The Morgan fingerprint density at radius 2 is 1.62 bits per heavy atom. The molecule has 0 aromatic heterocycles. The summed E-state index contributed by atoms with van der Waals surface area (Å²) in [6.07, 6.45) is 9.01. The molecule has 0 fully saturated rings. The van der Waals surface area contributed by atoms with Gasteiger partial charge in [-0.25, -0.2) is 0 Å². The molecule has 0 radical (unpaired) electrons. The van der Waals surface area contributed by atoms with Gasteiger partial charge in [0, 0.05) is 11.3 Å². The molecule has 0 atom stereocenters. The van der Waals surface area contributed by atoms with Crippen LogP contribution >= 0.6 is 0 Å². The summed E-state index contributed by atoms with van der Waals surface area (Å²) in [7, 11) is 0. The van der Waals surface area contributed by atoms with E-state index in [1.54, 1.807) is 0 Å². The van der Waals surface area contributed by atoms with Crippen LogP contribution in [-0.4, -0.2) is 0 Å². The molecule has 0 aliphatic heterocycles. The highest BCUT2D eigenvalue weighted by Gasteiger charge is 2.06. The van der Waals surface area contributed by atoms with Crippen molar-refractivity contribution in [1.82, 2.24) is 0 Å². The third-order valence-corrected chi connectivity index (χ3v) is 3.80. The van der Waals surface area contributed by atoms with Gasteiger partial charge in [0.05, 0.1) is 0 Å². The molecular formula is C20H19N. The number of hydrogen-bond donors (Lipinski definition) is 1. The molecule has 1 aliphatic rings. The molecule has 1 heteroatoms. The van der Waals surface area contributed by atoms with Gasteiger partial charge in [0.1, 0.15) is 0 Å². The molecule has 0 heterocycles. The van der Waals surface area contributed by atoms with Gasteiger partial charge in [-0.15, -0.1) is 0 Å². The molecular weight excluding hydrogens is 254 g/mol. The lowest BCUT2D eigenvalue weighted by molar-refractivity contribution is 1.04. The lowest BCUT2D eigenvalue weighted by Gasteiger charge is -2.11. The zero-order valence-corrected chi connectivity index (χ0v) is 12.0. The van der Waals surface area contributed by atoms with E-state index in [0.717, 1.165) is 24.0 Å². The summed E-state index contributed by atoms with van der Waals surface area (Å²) in [5.41, 5.74) is 12.4. The molecule has 21 heavy (non-hydrogen) atoms. The molecule has 3 rings (SSSR count). The van der Waals surface area contributed by atoms with Crippen molar-refractivity contribution in [3.8, 4) is 11.1 Å². The molecule has 0 saturated carbocycles. The Bertz CT molecular complexity index is 718. The molecule has 2 N–H and O–H groups in total. The van der Waals surface area contributed by atoms with Crippen molar-refractivity contribution < 1.29 is 0 Å². The number of rotatable bonds is 3. The third-order valence-electron chi connectivity index (χ3n) is 3.80. The Hall–Kier alpha value is -2.54. The molecule has 0 unspecified atom stereocenters. The van der Waals surface area contributed by atoms with Crippen molar-refractivity contribution in [2.24, 2.45) is 5.73 Å². The van der Waals surface area contributed by atoms with Crippen LogP contribution in [0.3, 0.4) is 0 Å². The second-order valence-corrected chi connectivity index (χ2v) is 5.29. The summed E-state index contributed by atoms with van der Waals surface area (Å²) in [6, 6.07) is 16.8. The minimum absolute atomic E-state index is 0.604. The smallest absolute Gasteiger partial charge is 0.0320 e. The summed E-state index contributed by atoms with van der Waals surface area (Å²) in [5, 5.41) is 0. The van der Waals surface area contributed by atoms with Crippen molar-refractivity contribution in [3.05, 3.63) is 84.5 Å². The van der Waals surface area contributed by atoms with E-state index < -0.39 is 0 Å². The standard InChI is InChI=1S/C20H19N/c1-15(21)19-9-5-6-10-20(19)18-13-11-17(12-14-18)16-7-3-2-4-8-16/h3,5-14H,1-2,4,21H2. The first-order valence-electron chi connectivity index (χ1n) is 7.27. The van der Waals surface area contributed by atoms with Gasteiger partial charge in [-0.2, -0.15) is 0 Å². The van der Waals surface area contributed by atoms with Gasteiger partial charge in [-0.1, -0.05) is 73.3 Å².